The summed E-state index contributed by atoms with van der Waals surface area (Å²) in [6, 6.07) is 14.5. The zero-order valence-corrected chi connectivity index (χ0v) is 13.4. The number of sulfonamides is 1. The molecule has 0 saturated carbocycles. The molecule has 1 unspecified atom stereocenters. The average molecular weight is 352 g/mol. The minimum atomic E-state index is -3.50. The highest BCUT2D eigenvalue weighted by molar-refractivity contribution is 9.10. The molecule has 20 heavy (non-hydrogen) atoms. The first-order valence-electron chi connectivity index (χ1n) is 6.37. The van der Waals surface area contributed by atoms with Crippen LogP contribution in [0.2, 0.25) is 0 Å². The summed E-state index contributed by atoms with van der Waals surface area (Å²) in [7, 11) is -3.50. The number of halogens is 1. The number of para-hydroxylation sites is 1. The Morgan fingerprint density at radius 3 is 2.65 bits per heavy atom. The lowest BCUT2D eigenvalue weighted by molar-refractivity contribution is 0.590. The van der Waals surface area contributed by atoms with Crippen molar-refractivity contribution >= 4 is 31.6 Å². The lowest BCUT2D eigenvalue weighted by Gasteiger charge is -2.20. The van der Waals surface area contributed by atoms with Crippen LogP contribution in [0, 0.1) is 0 Å². The van der Waals surface area contributed by atoms with E-state index < -0.39 is 10.0 Å². The molecule has 1 aliphatic rings. The molecule has 0 saturated heterocycles. The number of benzene rings is 2. The van der Waals surface area contributed by atoms with Gasteiger partial charge in [-0.25, -0.2) is 8.42 Å². The molecule has 0 N–H and O–H groups in total. The number of rotatable bonds is 2. The summed E-state index contributed by atoms with van der Waals surface area (Å²) in [6.07, 6.45) is 0. The summed E-state index contributed by atoms with van der Waals surface area (Å²) in [5, 5.41) is 0. The molecule has 1 heterocycles. The molecule has 0 radical (unpaired) electrons. The maximum Gasteiger partial charge on any atom is 0.264 e. The van der Waals surface area contributed by atoms with Crippen LogP contribution in [0.5, 0.6) is 0 Å². The quantitative estimate of drug-likeness (QED) is 0.825. The molecule has 0 aromatic heterocycles. The van der Waals surface area contributed by atoms with Crippen LogP contribution in [-0.2, 0) is 10.0 Å². The summed E-state index contributed by atoms with van der Waals surface area (Å²) in [4.78, 5) is 0.316. The molecule has 2 aromatic carbocycles. The summed E-state index contributed by atoms with van der Waals surface area (Å²) in [5.74, 6) is 0.216. The van der Waals surface area contributed by atoms with Gasteiger partial charge in [0.15, 0.2) is 0 Å². The van der Waals surface area contributed by atoms with Gasteiger partial charge < -0.3 is 0 Å². The smallest absolute Gasteiger partial charge is 0.264 e. The average Bonchev–Trinajstić information content (AvgIpc) is 2.78. The number of fused-ring (bicyclic) bond motifs is 1. The maximum absolute atomic E-state index is 12.8. The first-order valence-corrected chi connectivity index (χ1v) is 8.60. The molecule has 0 aliphatic carbocycles. The van der Waals surface area contributed by atoms with Gasteiger partial charge in [0, 0.05) is 16.9 Å². The van der Waals surface area contributed by atoms with Crippen LogP contribution >= 0.6 is 15.9 Å². The zero-order chi connectivity index (χ0) is 14.3. The fourth-order valence-corrected chi connectivity index (χ4v) is 4.74. The lowest BCUT2D eigenvalue weighted by Crippen LogP contribution is -2.29. The molecule has 3 rings (SSSR count). The number of nitrogens with zero attached hydrogens (tertiary/aromatic N) is 1. The van der Waals surface area contributed by atoms with Crippen molar-refractivity contribution in [2.45, 2.75) is 17.7 Å². The molecule has 5 heteroatoms. The molecule has 3 nitrogen and oxygen atoms in total. The van der Waals surface area contributed by atoms with Crippen molar-refractivity contribution < 1.29 is 8.42 Å². The Morgan fingerprint density at radius 2 is 1.90 bits per heavy atom. The summed E-state index contributed by atoms with van der Waals surface area (Å²) >= 11 is 3.32. The van der Waals surface area contributed by atoms with Gasteiger partial charge in [0.2, 0.25) is 0 Å². The minimum Gasteiger partial charge on any atom is -0.265 e. The van der Waals surface area contributed by atoms with E-state index in [-0.39, 0.29) is 5.92 Å². The Kier molecular flexibility index (Phi) is 3.34. The van der Waals surface area contributed by atoms with E-state index in [4.69, 9.17) is 0 Å². The van der Waals surface area contributed by atoms with Crippen molar-refractivity contribution in [3.8, 4) is 0 Å². The van der Waals surface area contributed by atoms with E-state index in [1.54, 1.807) is 18.2 Å². The molecule has 2 aromatic rings. The van der Waals surface area contributed by atoms with Gasteiger partial charge in [-0.05, 0) is 29.8 Å². The predicted molar refractivity (Wildman–Crippen MR) is 83.5 cm³/mol. The Balaban J connectivity index is 2.10. The second-order valence-electron chi connectivity index (χ2n) is 4.95. The topological polar surface area (TPSA) is 37.4 Å². The molecule has 0 amide bonds. The van der Waals surface area contributed by atoms with E-state index in [0.717, 1.165) is 15.7 Å². The highest BCUT2D eigenvalue weighted by Gasteiger charge is 2.34. The second-order valence-corrected chi connectivity index (χ2v) is 7.73. The van der Waals surface area contributed by atoms with Crippen LogP contribution in [0.15, 0.2) is 57.9 Å². The van der Waals surface area contributed by atoms with Gasteiger partial charge in [-0.1, -0.05) is 47.1 Å². The molecule has 1 atom stereocenters. The Bertz CT molecular complexity index is 758. The van der Waals surface area contributed by atoms with Gasteiger partial charge in [-0.2, -0.15) is 0 Å². The molecular formula is C15H14BrNO2S. The molecule has 1 aliphatic heterocycles. The second kappa shape index (κ2) is 4.90. The summed E-state index contributed by atoms with van der Waals surface area (Å²) < 4.78 is 27.9. The van der Waals surface area contributed by atoms with E-state index in [0.29, 0.717) is 11.4 Å². The largest absolute Gasteiger partial charge is 0.265 e. The Labute approximate surface area is 127 Å². The van der Waals surface area contributed by atoms with E-state index in [1.807, 2.05) is 30.3 Å². The maximum atomic E-state index is 12.8. The third-order valence-electron chi connectivity index (χ3n) is 3.56. The molecule has 0 bridgehead atoms. The van der Waals surface area contributed by atoms with Gasteiger partial charge in [-0.3, -0.25) is 4.31 Å². The lowest BCUT2D eigenvalue weighted by atomic mass is 10.0. The fraction of sp³-hybridized carbons (Fsp3) is 0.200. The van der Waals surface area contributed by atoms with Crippen molar-refractivity contribution in [1.82, 2.24) is 0 Å². The summed E-state index contributed by atoms with van der Waals surface area (Å²) in [5.41, 5.74) is 1.88. The van der Waals surface area contributed by atoms with Crippen molar-refractivity contribution in [3.05, 3.63) is 58.6 Å². The van der Waals surface area contributed by atoms with Crippen LogP contribution in [0.4, 0.5) is 5.69 Å². The van der Waals surface area contributed by atoms with Gasteiger partial charge in [-0.15, -0.1) is 0 Å². The van der Waals surface area contributed by atoms with Crippen LogP contribution in [0.1, 0.15) is 18.4 Å². The number of hydrogen-bond acceptors (Lipinski definition) is 2. The van der Waals surface area contributed by atoms with Crippen molar-refractivity contribution in [2.75, 3.05) is 10.8 Å². The van der Waals surface area contributed by atoms with E-state index in [1.165, 1.54) is 4.31 Å². The van der Waals surface area contributed by atoms with Crippen molar-refractivity contribution in [3.63, 3.8) is 0 Å². The number of hydrogen-bond donors (Lipinski definition) is 0. The van der Waals surface area contributed by atoms with Crippen LogP contribution in [0.25, 0.3) is 0 Å². The highest BCUT2D eigenvalue weighted by Crippen LogP contribution is 2.39. The highest BCUT2D eigenvalue weighted by atomic mass is 79.9. The third kappa shape index (κ3) is 2.15. The SMILES string of the molecule is CC1CN(S(=O)(=O)c2cccc(Br)c2)c2ccccc21. The van der Waals surface area contributed by atoms with Crippen LogP contribution < -0.4 is 4.31 Å². The van der Waals surface area contributed by atoms with Gasteiger partial charge in [0.25, 0.3) is 10.0 Å². The molecular weight excluding hydrogens is 338 g/mol. The van der Waals surface area contributed by atoms with Gasteiger partial charge in [0.05, 0.1) is 10.6 Å². The van der Waals surface area contributed by atoms with Gasteiger partial charge in [0.1, 0.15) is 0 Å². The fourth-order valence-electron chi connectivity index (χ4n) is 2.56. The zero-order valence-electron chi connectivity index (χ0n) is 11.0. The van der Waals surface area contributed by atoms with Crippen molar-refractivity contribution in [1.29, 1.82) is 0 Å². The minimum absolute atomic E-state index is 0.216. The molecule has 104 valence electrons. The van der Waals surface area contributed by atoms with Crippen LogP contribution in [-0.4, -0.2) is 15.0 Å². The number of anilines is 1. The normalized spacial score (nSPS) is 18.1. The molecule has 0 fully saturated rings. The Morgan fingerprint density at radius 1 is 1.15 bits per heavy atom. The third-order valence-corrected chi connectivity index (χ3v) is 5.83. The van der Waals surface area contributed by atoms with E-state index >= 15 is 0 Å². The van der Waals surface area contributed by atoms with Gasteiger partial charge >= 0.3 is 0 Å². The standard InChI is InChI=1S/C15H14BrNO2S/c1-11-10-17(15-8-3-2-7-14(11)15)20(18,19)13-6-4-5-12(16)9-13/h2-9,11H,10H2,1H3. The van der Waals surface area contributed by atoms with E-state index in [9.17, 15) is 8.42 Å². The first-order chi connectivity index (χ1) is 9.50. The first kappa shape index (κ1) is 13.6. The van der Waals surface area contributed by atoms with Crippen molar-refractivity contribution in [2.24, 2.45) is 0 Å². The monoisotopic (exact) mass is 351 g/mol. The van der Waals surface area contributed by atoms with Crippen LogP contribution in [0.3, 0.4) is 0 Å². The van der Waals surface area contributed by atoms with E-state index in [2.05, 4.69) is 22.9 Å². The molecule has 0 spiro atoms. The Hall–Kier alpha value is -1.33. The summed E-state index contributed by atoms with van der Waals surface area (Å²) in [6.45, 7) is 2.55. The predicted octanol–water partition coefficient (Wildman–Crippen LogP) is 3.76.